The lowest BCUT2D eigenvalue weighted by Crippen LogP contribution is -2.08. The van der Waals surface area contributed by atoms with Crippen LogP contribution >= 0.6 is 0 Å². The summed E-state index contributed by atoms with van der Waals surface area (Å²) in [5.74, 6) is 0.803. The van der Waals surface area contributed by atoms with E-state index in [4.69, 9.17) is 19.6 Å². The van der Waals surface area contributed by atoms with E-state index in [1.54, 1.807) is 36.4 Å². The van der Waals surface area contributed by atoms with Crippen molar-refractivity contribution in [2.75, 3.05) is 45.1 Å². The van der Waals surface area contributed by atoms with E-state index in [2.05, 4.69) is 9.47 Å². The maximum atomic E-state index is 11.0. The Kier molecular flexibility index (Phi) is 15.1. The number of anilines is 2. The molecular formula is C37H40N2O8. The fourth-order valence-electron chi connectivity index (χ4n) is 3.76. The second-order valence-electron chi connectivity index (χ2n) is 10.3. The lowest BCUT2D eigenvalue weighted by molar-refractivity contribution is -0.217. The van der Waals surface area contributed by atoms with Crippen molar-refractivity contribution in [1.82, 2.24) is 0 Å². The van der Waals surface area contributed by atoms with E-state index in [9.17, 15) is 9.59 Å². The molecule has 0 aliphatic heterocycles. The van der Waals surface area contributed by atoms with Gasteiger partial charge in [-0.2, -0.15) is 9.78 Å². The predicted octanol–water partition coefficient (Wildman–Crippen LogP) is 6.86. The molecule has 0 saturated heterocycles. The summed E-state index contributed by atoms with van der Waals surface area (Å²) in [5, 5.41) is 0. The standard InChI is InChI=1S/C19H21NO4.C18H19NO4/c1-20(2)17-9-4-16(5-10-17)14-23-24-18-11-6-15(7-12-18)8-13-19(21)22-3;1-19(2)17-7-3-16(4-8-17)13-22-23-18-9-5-15(6-10-18)11-12-21-14-20/h4-13H,14H2,1-3H3;3-12,14H,13H2,1-2H3. The minimum atomic E-state index is -0.390. The summed E-state index contributed by atoms with van der Waals surface area (Å²) < 4.78 is 9.02. The number of rotatable bonds is 15. The first-order valence-electron chi connectivity index (χ1n) is 14.6. The number of ether oxygens (including phenoxy) is 2. The van der Waals surface area contributed by atoms with Crippen molar-refractivity contribution in [1.29, 1.82) is 0 Å². The van der Waals surface area contributed by atoms with E-state index in [1.165, 1.54) is 19.4 Å². The second-order valence-corrected chi connectivity index (χ2v) is 10.3. The monoisotopic (exact) mass is 640 g/mol. The molecule has 0 aliphatic rings. The van der Waals surface area contributed by atoms with Crippen molar-refractivity contribution < 1.29 is 38.6 Å². The van der Waals surface area contributed by atoms with Gasteiger partial charge in [0.05, 0.1) is 13.4 Å². The van der Waals surface area contributed by atoms with Crippen LogP contribution in [0.5, 0.6) is 11.5 Å². The average Bonchev–Trinajstić information content (AvgIpc) is 3.09. The number of carbonyl (C=O) groups excluding carboxylic acids is 2. The van der Waals surface area contributed by atoms with Crippen molar-refractivity contribution in [3.8, 4) is 11.5 Å². The van der Waals surface area contributed by atoms with Crippen molar-refractivity contribution in [2.45, 2.75) is 13.2 Å². The van der Waals surface area contributed by atoms with Crippen LogP contribution in [0, 0.1) is 0 Å². The largest absolute Gasteiger partial charge is 0.466 e. The first-order valence-corrected chi connectivity index (χ1v) is 14.6. The van der Waals surface area contributed by atoms with E-state index in [-0.39, 0.29) is 5.97 Å². The summed E-state index contributed by atoms with van der Waals surface area (Å²) in [7, 11) is 9.34. The first-order chi connectivity index (χ1) is 22.8. The number of hydrogen-bond donors (Lipinski definition) is 0. The Morgan fingerprint density at radius 2 is 1.04 bits per heavy atom. The molecule has 10 nitrogen and oxygen atoms in total. The summed E-state index contributed by atoms with van der Waals surface area (Å²) >= 11 is 0. The van der Waals surface area contributed by atoms with Gasteiger partial charge in [-0.1, -0.05) is 48.5 Å². The van der Waals surface area contributed by atoms with Crippen LogP contribution in [0.4, 0.5) is 11.4 Å². The van der Waals surface area contributed by atoms with Crippen LogP contribution in [-0.2, 0) is 42.1 Å². The predicted molar refractivity (Wildman–Crippen MR) is 182 cm³/mol. The Balaban J connectivity index is 0.000000256. The van der Waals surface area contributed by atoms with E-state index < -0.39 is 0 Å². The van der Waals surface area contributed by atoms with Gasteiger partial charge in [0.1, 0.15) is 13.2 Å². The molecule has 0 amide bonds. The van der Waals surface area contributed by atoms with Crippen LogP contribution in [0.1, 0.15) is 22.3 Å². The molecule has 47 heavy (non-hydrogen) atoms. The van der Waals surface area contributed by atoms with Gasteiger partial charge in [0, 0.05) is 45.6 Å². The van der Waals surface area contributed by atoms with Crippen LogP contribution in [0.15, 0.2) is 109 Å². The number of esters is 1. The van der Waals surface area contributed by atoms with Crippen LogP contribution in [-0.4, -0.2) is 47.7 Å². The van der Waals surface area contributed by atoms with Crippen molar-refractivity contribution >= 4 is 36.0 Å². The molecule has 0 fully saturated rings. The second kappa shape index (κ2) is 19.7. The molecule has 0 aromatic heterocycles. The number of nitrogens with zero attached hydrogens (tertiary/aromatic N) is 2. The maximum absolute atomic E-state index is 11.0. The molecule has 4 rings (SSSR count). The lowest BCUT2D eigenvalue weighted by Gasteiger charge is -2.12. The van der Waals surface area contributed by atoms with Gasteiger partial charge in [-0.3, -0.25) is 4.79 Å². The molecule has 0 saturated carbocycles. The Labute approximate surface area is 275 Å². The molecule has 0 unspecified atom stereocenters. The number of benzene rings is 4. The Bertz CT molecular complexity index is 1550. The zero-order valence-corrected chi connectivity index (χ0v) is 27.2. The van der Waals surface area contributed by atoms with Gasteiger partial charge in [0.2, 0.25) is 0 Å². The average molecular weight is 641 g/mol. The van der Waals surface area contributed by atoms with Gasteiger partial charge in [0.25, 0.3) is 6.47 Å². The zero-order chi connectivity index (χ0) is 33.9. The van der Waals surface area contributed by atoms with Gasteiger partial charge >= 0.3 is 5.97 Å². The van der Waals surface area contributed by atoms with Crippen LogP contribution in [0.2, 0.25) is 0 Å². The molecule has 4 aromatic rings. The molecule has 0 radical (unpaired) electrons. The highest BCUT2D eigenvalue weighted by atomic mass is 17.2. The van der Waals surface area contributed by atoms with Gasteiger partial charge in [-0.25, -0.2) is 4.79 Å². The maximum Gasteiger partial charge on any atom is 0.330 e. The topological polar surface area (TPSA) is 96.0 Å². The molecule has 0 heterocycles. The molecule has 246 valence electrons. The SMILES string of the molecule is CN(C)c1ccc(COOc2ccc(C=COC=O)cc2)cc1.COC(=O)C=Cc1ccc(OOCc2ccc(N(C)C)cc2)cc1. The van der Waals surface area contributed by atoms with Crippen molar-refractivity contribution in [3.05, 3.63) is 132 Å². The molecular weight excluding hydrogens is 600 g/mol. The van der Waals surface area contributed by atoms with Crippen LogP contribution < -0.4 is 19.6 Å². The summed E-state index contributed by atoms with van der Waals surface area (Å²) in [6.07, 6.45) is 6.02. The molecule has 0 atom stereocenters. The molecule has 0 bridgehead atoms. The van der Waals surface area contributed by atoms with Crippen molar-refractivity contribution in [2.24, 2.45) is 0 Å². The van der Waals surface area contributed by atoms with Crippen molar-refractivity contribution in [3.63, 3.8) is 0 Å². The molecule has 0 aliphatic carbocycles. The minimum Gasteiger partial charge on any atom is -0.466 e. The third-order valence-corrected chi connectivity index (χ3v) is 6.43. The quantitative estimate of drug-likeness (QED) is 0.0343. The Morgan fingerprint density at radius 3 is 1.43 bits per heavy atom. The summed E-state index contributed by atoms with van der Waals surface area (Å²) in [5.41, 5.74) is 6.08. The Morgan fingerprint density at radius 1 is 0.617 bits per heavy atom. The molecule has 10 heteroatoms. The summed E-state index contributed by atoms with van der Waals surface area (Å²) in [4.78, 5) is 46.1. The smallest absolute Gasteiger partial charge is 0.330 e. The minimum absolute atomic E-state index is 0.359. The normalized spacial score (nSPS) is 10.6. The first kappa shape index (κ1) is 35.9. The van der Waals surface area contributed by atoms with E-state index in [1.807, 2.05) is 111 Å². The van der Waals surface area contributed by atoms with E-state index in [0.29, 0.717) is 31.2 Å². The number of carbonyl (C=O) groups is 2. The fraction of sp³-hybridized carbons (Fsp3) is 0.189. The molecule has 0 N–H and O–H groups in total. The fourth-order valence-corrected chi connectivity index (χ4v) is 3.76. The van der Waals surface area contributed by atoms with Gasteiger partial charge in [-0.05, 0) is 82.9 Å². The van der Waals surface area contributed by atoms with E-state index in [0.717, 1.165) is 33.6 Å². The summed E-state index contributed by atoms with van der Waals surface area (Å²) in [6, 6.07) is 30.5. The zero-order valence-electron chi connectivity index (χ0n) is 27.2. The lowest BCUT2D eigenvalue weighted by atomic mass is 10.2. The van der Waals surface area contributed by atoms with Gasteiger partial charge in [0.15, 0.2) is 11.5 Å². The highest BCUT2D eigenvalue weighted by Gasteiger charge is 2.01. The Hall–Kier alpha value is -5.58. The van der Waals surface area contributed by atoms with Gasteiger partial charge in [-0.15, -0.1) is 0 Å². The van der Waals surface area contributed by atoms with E-state index >= 15 is 0 Å². The number of hydrogen-bond acceptors (Lipinski definition) is 10. The highest BCUT2D eigenvalue weighted by Crippen LogP contribution is 2.18. The van der Waals surface area contributed by atoms with Crippen LogP contribution in [0.3, 0.4) is 0 Å². The molecule has 4 aromatic carbocycles. The number of methoxy groups -OCH3 is 1. The third-order valence-electron chi connectivity index (χ3n) is 6.43. The third kappa shape index (κ3) is 13.5. The highest BCUT2D eigenvalue weighted by molar-refractivity contribution is 5.86. The molecule has 0 spiro atoms. The van der Waals surface area contributed by atoms with Crippen LogP contribution in [0.25, 0.3) is 12.2 Å². The summed E-state index contributed by atoms with van der Waals surface area (Å²) in [6.45, 7) is 1.09. The van der Waals surface area contributed by atoms with Gasteiger partial charge < -0.3 is 29.0 Å².